The number of rotatable bonds is 4. The topological polar surface area (TPSA) is 19.9 Å². The fourth-order valence-corrected chi connectivity index (χ4v) is 0.959. The molecule has 0 bridgehead atoms. The van der Waals surface area contributed by atoms with Gasteiger partial charge in [0.05, 0.1) is 16.4 Å². The van der Waals surface area contributed by atoms with Gasteiger partial charge >= 0.3 is 0 Å². The molecule has 0 aromatic heterocycles. The highest BCUT2D eigenvalue weighted by Gasteiger charge is 2.24. The molecule has 0 aromatic carbocycles. The summed E-state index contributed by atoms with van der Waals surface area (Å²) in [5.74, 6) is 0. The van der Waals surface area contributed by atoms with Gasteiger partial charge in [-0.25, -0.2) is 5.11 Å². The van der Waals surface area contributed by atoms with Crippen molar-refractivity contribution in [1.29, 1.82) is 0 Å². The summed E-state index contributed by atoms with van der Waals surface area (Å²) in [6, 6.07) is 0. The second kappa shape index (κ2) is 4.54. The van der Waals surface area contributed by atoms with E-state index >= 15 is 0 Å². The summed E-state index contributed by atoms with van der Waals surface area (Å²) in [4.78, 5) is -0.406. The predicted molar refractivity (Wildman–Crippen MR) is 49.0 cm³/mol. The largest absolute Gasteiger partial charge is 0.233 e. The van der Waals surface area contributed by atoms with Crippen molar-refractivity contribution in [2.24, 2.45) is 0 Å². The highest BCUT2D eigenvalue weighted by Crippen LogP contribution is 2.27. The molecule has 0 N–H and O–H groups in total. The highest BCUT2D eigenvalue weighted by molar-refractivity contribution is 6.32. The molecule has 0 aliphatic carbocycles. The van der Waals surface area contributed by atoms with Crippen LogP contribution in [0.15, 0.2) is 0 Å². The van der Waals surface area contributed by atoms with E-state index in [0.29, 0.717) is 12.8 Å². The van der Waals surface area contributed by atoms with Crippen molar-refractivity contribution >= 4 is 23.2 Å². The Balaban J connectivity index is 3.61. The van der Waals surface area contributed by atoms with Crippen LogP contribution in [0.1, 0.15) is 33.6 Å². The molecule has 0 aliphatic heterocycles. The average Bonchev–Trinajstić information content (AvgIpc) is 1.80. The third-order valence-electron chi connectivity index (χ3n) is 1.57. The predicted octanol–water partition coefficient (Wildman–Crippen LogP) is 3.21. The van der Waals surface area contributed by atoms with Crippen molar-refractivity contribution in [2.75, 3.05) is 0 Å². The summed E-state index contributed by atoms with van der Waals surface area (Å²) in [5.41, 5.74) is 0. The lowest BCUT2D eigenvalue weighted by atomic mass is 10.0. The quantitative estimate of drug-likeness (QED) is 0.618. The van der Waals surface area contributed by atoms with E-state index < -0.39 is 11.0 Å². The van der Waals surface area contributed by atoms with Gasteiger partial charge in [-0.05, 0) is 33.6 Å². The zero-order valence-corrected chi connectivity index (χ0v) is 8.74. The van der Waals surface area contributed by atoms with Gasteiger partial charge in [-0.1, -0.05) is 0 Å². The minimum Gasteiger partial charge on any atom is -0.233 e. The smallest absolute Gasteiger partial charge is 0.0902 e. The first-order valence-corrected chi connectivity index (χ1v) is 4.64. The molecule has 0 spiro atoms. The molecular formula is C8H15Cl2O. The highest BCUT2D eigenvalue weighted by atomic mass is 35.5. The van der Waals surface area contributed by atoms with Crippen molar-refractivity contribution in [2.45, 2.75) is 50.0 Å². The summed E-state index contributed by atoms with van der Waals surface area (Å²) in [6.07, 6.45) is 0.766. The van der Waals surface area contributed by atoms with Crippen LogP contribution in [0.4, 0.5) is 0 Å². The molecule has 0 aliphatic rings. The lowest BCUT2D eigenvalue weighted by molar-refractivity contribution is 0.0949. The van der Waals surface area contributed by atoms with Gasteiger partial charge < -0.3 is 0 Å². The van der Waals surface area contributed by atoms with Gasteiger partial charge in [0.1, 0.15) is 0 Å². The zero-order valence-electron chi connectivity index (χ0n) is 7.23. The molecule has 1 nitrogen and oxygen atoms in total. The number of hydrogen-bond acceptors (Lipinski definition) is 0. The Kier molecular flexibility index (Phi) is 4.76. The van der Waals surface area contributed by atoms with Crippen molar-refractivity contribution < 1.29 is 5.11 Å². The molecule has 1 radical (unpaired) electrons. The number of halogens is 2. The molecule has 2 atom stereocenters. The van der Waals surface area contributed by atoms with Gasteiger partial charge in [-0.3, -0.25) is 0 Å². The summed E-state index contributed by atoms with van der Waals surface area (Å²) in [6.45, 7) is 5.37. The summed E-state index contributed by atoms with van der Waals surface area (Å²) >= 11 is 11.9. The first-order valence-electron chi connectivity index (χ1n) is 3.83. The molecule has 0 rings (SSSR count). The van der Waals surface area contributed by atoms with E-state index in [9.17, 15) is 5.11 Å². The van der Waals surface area contributed by atoms with E-state index in [-0.39, 0.29) is 5.38 Å². The third kappa shape index (κ3) is 5.77. The second-order valence-electron chi connectivity index (χ2n) is 3.42. The molecule has 11 heavy (non-hydrogen) atoms. The van der Waals surface area contributed by atoms with Gasteiger partial charge in [0, 0.05) is 0 Å². The van der Waals surface area contributed by atoms with E-state index in [1.807, 2.05) is 13.8 Å². The van der Waals surface area contributed by atoms with E-state index in [0.717, 1.165) is 0 Å². The van der Waals surface area contributed by atoms with Crippen LogP contribution in [0.5, 0.6) is 0 Å². The molecule has 2 unspecified atom stereocenters. The minimum absolute atomic E-state index is 0.111. The molecule has 0 saturated carbocycles. The van der Waals surface area contributed by atoms with Crippen LogP contribution in [-0.4, -0.2) is 16.4 Å². The average molecular weight is 198 g/mol. The molecule has 0 aromatic rings. The van der Waals surface area contributed by atoms with Gasteiger partial charge in [0.25, 0.3) is 0 Å². The summed E-state index contributed by atoms with van der Waals surface area (Å²) < 4.78 is 0. The van der Waals surface area contributed by atoms with Crippen molar-refractivity contribution in [3.63, 3.8) is 0 Å². The SMILES string of the molecule is CC([O])CCC(Cl)C(C)(C)Cl. The molecule has 67 valence electrons. The maximum absolute atomic E-state index is 10.7. The van der Waals surface area contributed by atoms with E-state index in [1.54, 1.807) is 6.92 Å². The maximum Gasteiger partial charge on any atom is 0.0902 e. The van der Waals surface area contributed by atoms with Crippen LogP contribution >= 0.6 is 23.2 Å². The fourth-order valence-electron chi connectivity index (χ4n) is 0.724. The van der Waals surface area contributed by atoms with Crippen molar-refractivity contribution in [1.82, 2.24) is 0 Å². The summed E-state index contributed by atoms with van der Waals surface area (Å²) in [5, 5.41) is 10.5. The third-order valence-corrected chi connectivity index (χ3v) is 2.71. The van der Waals surface area contributed by atoms with Gasteiger partial charge in [-0.15, -0.1) is 23.2 Å². The molecule has 0 saturated heterocycles. The molecular weight excluding hydrogens is 183 g/mol. The minimum atomic E-state index is -0.532. The van der Waals surface area contributed by atoms with Crippen LogP contribution in [0, 0.1) is 0 Å². The van der Waals surface area contributed by atoms with Gasteiger partial charge in [0.15, 0.2) is 0 Å². The lowest BCUT2D eigenvalue weighted by Crippen LogP contribution is -2.25. The standard InChI is InChI=1S/C8H15Cl2O/c1-6(11)4-5-7(9)8(2,3)10/h6-7H,4-5H2,1-3H3. The van der Waals surface area contributed by atoms with Gasteiger partial charge in [-0.2, -0.15) is 0 Å². The zero-order chi connectivity index (χ0) is 9.07. The van der Waals surface area contributed by atoms with Crippen molar-refractivity contribution in [3.8, 4) is 0 Å². The maximum atomic E-state index is 10.7. The van der Waals surface area contributed by atoms with Crippen LogP contribution in [0.3, 0.4) is 0 Å². The summed E-state index contributed by atoms with van der Waals surface area (Å²) in [7, 11) is 0. The Morgan fingerprint density at radius 1 is 1.36 bits per heavy atom. The van der Waals surface area contributed by atoms with E-state index in [4.69, 9.17) is 23.2 Å². The first-order chi connectivity index (χ1) is 4.84. The molecule has 3 heteroatoms. The lowest BCUT2D eigenvalue weighted by Gasteiger charge is -2.22. The number of alkyl halides is 2. The van der Waals surface area contributed by atoms with Crippen LogP contribution in [0.25, 0.3) is 0 Å². The van der Waals surface area contributed by atoms with Crippen LogP contribution < -0.4 is 0 Å². The van der Waals surface area contributed by atoms with Crippen LogP contribution in [-0.2, 0) is 5.11 Å². The van der Waals surface area contributed by atoms with E-state index in [1.165, 1.54) is 0 Å². The molecule has 0 fully saturated rings. The van der Waals surface area contributed by atoms with Crippen LogP contribution in [0.2, 0.25) is 0 Å². The van der Waals surface area contributed by atoms with E-state index in [2.05, 4.69) is 0 Å². The normalized spacial score (nSPS) is 18.0. The number of hydrogen-bond donors (Lipinski definition) is 0. The Bertz CT molecular complexity index is 107. The Morgan fingerprint density at radius 3 is 2.09 bits per heavy atom. The van der Waals surface area contributed by atoms with Gasteiger partial charge in [0.2, 0.25) is 0 Å². The molecule has 0 amide bonds. The second-order valence-corrected chi connectivity index (χ2v) is 4.92. The monoisotopic (exact) mass is 197 g/mol. The molecule has 0 heterocycles. The Morgan fingerprint density at radius 2 is 1.82 bits per heavy atom. The fraction of sp³-hybridized carbons (Fsp3) is 1.00. The Hall–Kier alpha value is 0.540. The Labute approximate surface area is 78.7 Å². The first kappa shape index (κ1) is 11.5. The van der Waals surface area contributed by atoms with Crippen molar-refractivity contribution in [3.05, 3.63) is 0 Å².